The maximum absolute atomic E-state index is 10.5. The minimum Gasteiger partial charge on any atom is -0.379 e. The highest BCUT2D eigenvalue weighted by atomic mass is 16.6. The summed E-state index contributed by atoms with van der Waals surface area (Å²) in [5, 5.41) is 13.6. The molecule has 2 N–H and O–H groups in total. The Morgan fingerprint density at radius 1 is 0.560 bits per heavy atom. The third-order valence-corrected chi connectivity index (χ3v) is 9.71. The van der Waals surface area contributed by atoms with Gasteiger partial charge in [0.05, 0.1) is 37.1 Å². The lowest BCUT2D eigenvalue weighted by Crippen LogP contribution is -2.41. The Labute approximate surface area is 311 Å². The van der Waals surface area contributed by atoms with Gasteiger partial charge in [0.25, 0.3) is 0 Å². The second-order valence-electron chi connectivity index (χ2n) is 15.7. The molecule has 0 saturated heterocycles. The summed E-state index contributed by atoms with van der Waals surface area (Å²) >= 11 is 0. The highest BCUT2D eigenvalue weighted by Gasteiger charge is 2.22. The van der Waals surface area contributed by atoms with E-state index in [4.69, 9.17) is 23.7 Å². The van der Waals surface area contributed by atoms with Crippen molar-refractivity contribution in [2.75, 3.05) is 46.7 Å². The maximum Gasteiger partial charge on any atom is 0.213 e. The van der Waals surface area contributed by atoms with E-state index < -0.39 is 6.41 Å². The summed E-state index contributed by atoms with van der Waals surface area (Å²) < 4.78 is 29.5. The molecular weight excluding hydrogens is 626 g/mol. The van der Waals surface area contributed by atoms with Gasteiger partial charge in [0.15, 0.2) is 0 Å². The first kappa shape index (κ1) is 49.5. The number of hydrogen-bond donors (Lipinski definition) is 2. The van der Waals surface area contributed by atoms with Crippen molar-refractivity contribution in [3.63, 3.8) is 0 Å². The second-order valence-corrected chi connectivity index (χ2v) is 15.7. The molecule has 2 atom stereocenters. The summed E-state index contributed by atoms with van der Waals surface area (Å²) in [6.45, 7) is 16.3. The molecule has 0 aromatic carbocycles. The normalized spacial score (nSPS) is 13.8. The molecule has 0 aromatic heterocycles. The zero-order valence-corrected chi connectivity index (χ0v) is 34.5. The van der Waals surface area contributed by atoms with Crippen molar-refractivity contribution in [2.24, 2.45) is 0 Å². The van der Waals surface area contributed by atoms with Crippen LogP contribution in [-0.2, 0) is 23.7 Å². The van der Waals surface area contributed by atoms with Gasteiger partial charge in [-0.05, 0) is 79.1 Å². The minimum atomic E-state index is -1.06. The van der Waals surface area contributed by atoms with E-state index in [1.54, 1.807) is 7.11 Å². The molecule has 7 nitrogen and oxygen atoms in total. The Bertz CT molecular complexity index is 716. The average molecular weight is 714 g/mol. The fraction of sp³-hybridized carbons (Fsp3) is 0.953. The van der Waals surface area contributed by atoms with Gasteiger partial charge in [0.2, 0.25) is 6.41 Å². The smallest absolute Gasteiger partial charge is 0.213 e. The van der Waals surface area contributed by atoms with Crippen LogP contribution in [0.4, 0.5) is 0 Å². The van der Waals surface area contributed by atoms with Crippen molar-refractivity contribution in [1.29, 1.82) is 0 Å². The van der Waals surface area contributed by atoms with Gasteiger partial charge in [-0.25, -0.2) is 0 Å². The second kappa shape index (κ2) is 35.5. The van der Waals surface area contributed by atoms with Gasteiger partial charge in [0, 0.05) is 26.9 Å². The summed E-state index contributed by atoms with van der Waals surface area (Å²) in [6.07, 6.45) is 33.6. The van der Waals surface area contributed by atoms with Gasteiger partial charge in [-0.1, -0.05) is 129 Å². The van der Waals surface area contributed by atoms with Crippen LogP contribution < -0.4 is 5.32 Å². The Kier molecular flexibility index (Phi) is 35.1. The van der Waals surface area contributed by atoms with Crippen molar-refractivity contribution in [1.82, 2.24) is 5.32 Å². The third kappa shape index (κ3) is 35.8. The van der Waals surface area contributed by atoms with E-state index in [-0.39, 0.29) is 17.3 Å². The lowest BCUT2D eigenvalue weighted by molar-refractivity contribution is -0.142. The zero-order chi connectivity index (χ0) is 37.0. The van der Waals surface area contributed by atoms with Gasteiger partial charge >= 0.3 is 0 Å². The molecular formula is C43H87NO6. The van der Waals surface area contributed by atoms with E-state index in [0.29, 0.717) is 32.8 Å². The number of methoxy groups -OCH3 is 1. The highest BCUT2D eigenvalue weighted by molar-refractivity contribution is 4.81. The molecule has 2 unspecified atom stereocenters. The summed E-state index contributed by atoms with van der Waals surface area (Å²) in [4.78, 5) is 0. The minimum absolute atomic E-state index is 0.120. The first-order chi connectivity index (χ1) is 24.2. The summed E-state index contributed by atoms with van der Waals surface area (Å²) in [7, 11) is 1.73. The van der Waals surface area contributed by atoms with Crippen LogP contribution in [0.5, 0.6) is 0 Å². The van der Waals surface area contributed by atoms with E-state index in [0.717, 1.165) is 38.9 Å². The topological polar surface area (TPSA) is 78.4 Å². The zero-order valence-electron chi connectivity index (χ0n) is 34.5. The van der Waals surface area contributed by atoms with Gasteiger partial charge < -0.3 is 28.8 Å². The number of ether oxygens (including phenoxy) is 5. The van der Waals surface area contributed by atoms with Crippen LogP contribution in [0.15, 0.2) is 12.2 Å². The van der Waals surface area contributed by atoms with Crippen LogP contribution in [-0.4, -0.2) is 75.5 Å². The molecule has 0 aliphatic carbocycles. The van der Waals surface area contributed by atoms with Gasteiger partial charge in [-0.2, -0.15) is 0 Å². The van der Waals surface area contributed by atoms with Crippen molar-refractivity contribution in [2.45, 2.75) is 219 Å². The van der Waals surface area contributed by atoms with Crippen LogP contribution in [0.2, 0.25) is 0 Å². The van der Waals surface area contributed by atoms with Crippen LogP contribution >= 0.6 is 0 Å². The fourth-order valence-corrected chi connectivity index (χ4v) is 5.77. The van der Waals surface area contributed by atoms with Crippen molar-refractivity contribution < 1.29 is 28.8 Å². The van der Waals surface area contributed by atoms with Crippen LogP contribution in [0.3, 0.4) is 0 Å². The average Bonchev–Trinajstić information content (AvgIpc) is 3.08. The number of unbranched alkanes of at least 4 members (excludes halogenated alkanes) is 19. The Balaban J connectivity index is 4.32. The molecule has 0 aliphatic rings. The van der Waals surface area contributed by atoms with E-state index in [1.807, 2.05) is 0 Å². The van der Waals surface area contributed by atoms with Crippen molar-refractivity contribution in [3.8, 4) is 0 Å². The van der Waals surface area contributed by atoms with Gasteiger partial charge in [-0.15, -0.1) is 0 Å². The molecule has 300 valence electrons. The molecule has 0 heterocycles. The number of aliphatic hydroxyl groups is 1. The predicted molar refractivity (Wildman–Crippen MR) is 213 cm³/mol. The van der Waals surface area contributed by atoms with Crippen LogP contribution in [0.25, 0.3) is 0 Å². The standard InChI is InChI=1S/C43H87NO6/c1-8-10-12-14-16-18-20-22-24-26-28-30-34-47-39-40(48-35-31-29-27-25-23-21-19-17-15-13-11-9-2)38-44-41(45)49-36-32-43(5,6)50-37-33-42(3,4)46-7/h20,22,40-41,44-45H,8-19,21,23-39H2,1-7H3/b22-20+. The largest absolute Gasteiger partial charge is 0.379 e. The summed E-state index contributed by atoms with van der Waals surface area (Å²) in [5.41, 5.74) is -0.548. The lowest BCUT2D eigenvalue weighted by Gasteiger charge is -2.29. The molecule has 0 spiro atoms. The maximum atomic E-state index is 10.5. The number of hydrogen-bond acceptors (Lipinski definition) is 7. The monoisotopic (exact) mass is 714 g/mol. The predicted octanol–water partition coefficient (Wildman–Crippen LogP) is 11.4. The van der Waals surface area contributed by atoms with Gasteiger partial charge in [-0.3, -0.25) is 5.32 Å². The van der Waals surface area contributed by atoms with E-state index in [1.165, 1.54) is 122 Å². The number of aliphatic hydroxyl groups excluding tert-OH is 1. The third-order valence-electron chi connectivity index (χ3n) is 9.71. The molecule has 0 rings (SSSR count). The Morgan fingerprint density at radius 3 is 1.60 bits per heavy atom. The Hall–Kier alpha value is -0.540. The van der Waals surface area contributed by atoms with Crippen molar-refractivity contribution in [3.05, 3.63) is 12.2 Å². The number of allylic oxidation sites excluding steroid dienone is 2. The number of rotatable bonds is 40. The first-order valence-corrected chi connectivity index (χ1v) is 21.2. The van der Waals surface area contributed by atoms with Crippen molar-refractivity contribution >= 4 is 0 Å². The van der Waals surface area contributed by atoms with Crippen LogP contribution in [0, 0.1) is 0 Å². The van der Waals surface area contributed by atoms with Gasteiger partial charge in [0.1, 0.15) is 0 Å². The quantitative estimate of drug-likeness (QED) is 0.0372. The molecule has 0 aromatic rings. The first-order valence-electron chi connectivity index (χ1n) is 21.2. The SMILES string of the molecule is CCCCCCC/C=C/CCCCCOCC(CNC(O)OCCC(C)(C)OCCC(C)(C)OC)OCCCCCCCCCCCCCC. The number of nitrogens with one attached hydrogen (secondary N) is 1. The summed E-state index contributed by atoms with van der Waals surface area (Å²) in [5.74, 6) is 0. The lowest BCUT2D eigenvalue weighted by atomic mass is 10.0. The highest BCUT2D eigenvalue weighted by Crippen LogP contribution is 2.19. The molecule has 0 radical (unpaired) electrons. The molecule has 0 amide bonds. The molecule has 0 aliphatic heterocycles. The fourth-order valence-electron chi connectivity index (χ4n) is 5.77. The van der Waals surface area contributed by atoms with E-state index >= 15 is 0 Å². The molecule has 7 heteroatoms. The van der Waals surface area contributed by atoms with E-state index in [2.05, 4.69) is 59.0 Å². The summed E-state index contributed by atoms with van der Waals surface area (Å²) in [6, 6.07) is 0. The molecule has 0 saturated carbocycles. The Morgan fingerprint density at radius 2 is 1.04 bits per heavy atom. The molecule has 0 fully saturated rings. The molecule has 0 bridgehead atoms. The molecule has 50 heavy (non-hydrogen) atoms. The van der Waals surface area contributed by atoms with E-state index in [9.17, 15) is 5.11 Å². The van der Waals surface area contributed by atoms with Crippen LogP contribution in [0.1, 0.15) is 196 Å².